The molecule has 0 atom stereocenters. The van der Waals surface area contributed by atoms with E-state index in [0.717, 1.165) is 16.7 Å². The van der Waals surface area contributed by atoms with Gasteiger partial charge in [0.25, 0.3) is 5.91 Å². The number of aryl methyl sites for hydroxylation is 2. The minimum Gasteiger partial charge on any atom is -0.441 e. The van der Waals surface area contributed by atoms with Gasteiger partial charge in [-0.25, -0.2) is 22.9 Å². The number of urea groups is 1. The van der Waals surface area contributed by atoms with Crippen molar-refractivity contribution in [1.82, 2.24) is 15.2 Å². The molecule has 7 nitrogen and oxygen atoms in total. The molecule has 0 radical (unpaired) electrons. The molecule has 3 amide bonds. The van der Waals surface area contributed by atoms with E-state index in [1.807, 2.05) is 31.2 Å². The number of hydrogen-bond donors (Lipinski definition) is 1. The number of oxazole rings is 1. The van der Waals surface area contributed by atoms with E-state index >= 15 is 0 Å². The van der Waals surface area contributed by atoms with E-state index in [4.69, 9.17) is 4.42 Å². The van der Waals surface area contributed by atoms with Crippen molar-refractivity contribution >= 4 is 17.6 Å². The molecule has 1 aliphatic rings. The number of amides is 3. The molecule has 200 valence electrons. The van der Waals surface area contributed by atoms with Crippen LogP contribution in [0.1, 0.15) is 38.5 Å². The van der Waals surface area contributed by atoms with E-state index in [0.29, 0.717) is 41.7 Å². The number of aromatic nitrogens is 1. The summed E-state index contributed by atoms with van der Waals surface area (Å²) in [7, 11) is 1.68. The van der Waals surface area contributed by atoms with Crippen molar-refractivity contribution in [1.29, 1.82) is 0 Å². The highest BCUT2D eigenvalue weighted by atomic mass is 19.1. The van der Waals surface area contributed by atoms with E-state index < -0.39 is 35.5 Å². The average Bonchev–Trinajstić information content (AvgIpc) is 3.26. The van der Waals surface area contributed by atoms with Crippen LogP contribution < -0.4 is 10.2 Å². The summed E-state index contributed by atoms with van der Waals surface area (Å²) in [4.78, 5) is 33.8. The first kappa shape index (κ1) is 26.0. The molecule has 0 aliphatic carbocycles. The van der Waals surface area contributed by atoms with Gasteiger partial charge < -0.3 is 14.6 Å². The fourth-order valence-corrected chi connectivity index (χ4v) is 4.51. The summed E-state index contributed by atoms with van der Waals surface area (Å²) in [6.07, 6.45) is 0. The Labute approximate surface area is 222 Å². The molecule has 2 heterocycles. The molecule has 0 bridgehead atoms. The Morgan fingerprint density at radius 1 is 1.05 bits per heavy atom. The lowest BCUT2D eigenvalue weighted by Crippen LogP contribution is -2.45. The molecule has 0 spiro atoms. The molecule has 4 aromatic rings. The zero-order valence-corrected chi connectivity index (χ0v) is 21.5. The van der Waals surface area contributed by atoms with E-state index in [-0.39, 0.29) is 18.1 Å². The maximum absolute atomic E-state index is 14.0. The number of nitrogens with zero attached hydrogens (tertiary/aromatic N) is 3. The summed E-state index contributed by atoms with van der Waals surface area (Å²) in [6.45, 7) is 3.72. The van der Waals surface area contributed by atoms with Gasteiger partial charge in [0.05, 0.1) is 12.2 Å². The highest BCUT2D eigenvalue weighted by molar-refractivity contribution is 5.99. The van der Waals surface area contributed by atoms with Crippen LogP contribution in [0.2, 0.25) is 0 Å². The summed E-state index contributed by atoms with van der Waals surface area (Å²) < 4.78 is 47.1. The van der Waals surface area contributed by atoms with Crippen LogP contribution in [0.25, 0.3) is 11.5 Å². The maximum Gasteiger partial charge on any atom is 0.324 e. The monoisotopic (exact) mass is 534 g/mol. The smallest absolute Gasteiger partial charge is 0.324 e. The fourth-order valence-electron chi connectivity index (χ4n) is 4.51. The van der Waals surface area contributed by atoms with Crippen LogP contribution in [0, 0.1) is 31.3 Å². The number of nitrogens with one attached hydrogen (secondary N) is 1. The lowest BCUT2D eigenvalue weighted by Gasteiger charge is -2.35. The van der Waals surface area contributed by atoms with Gasteiger partial charge in [-0.05, 0) is 43.7 Å². The summed E-state index contributed by atoms with van der Waals surface area (Å²) >= 11 is 0. The normalized spacial score (nSPS) is 13.0. The molecule has 0 saturated carbocycles. The standard InChI is InChI=1S/C29H25F3N4O3/c1-16-5-4-6-19(9-16)28-34-25(17(2)39-28)15-36-26-10-18(7-8-20(26)14-35(3)29(36)38)27(37)33-13-22-23(31)11-21(30)12-24(22)32/h4-12H,13-15H2,1-3H3,(H,33,37). The molecule has 1 aromatic heterocycles. The molecule has 0 unspecified atom stereocenters. The Hall–Kier alpha value is -4.60. The number of halogens is 3. The molecule has 0 fully saturated rings. The highest BCUT2D eigenvalue weighted by Crippen LogP contribution is 2.32. The van der Waals surface area contributed by atoms with Gasteiger partial charge in [0.1, 0.15) is 28.9 Å². The van der Waals surface area contributed by atoms with E-state index in [1.54, 1.807) is 37.1 Å². The van der Waals surface area contributed by atoms with Crippen molar-refractivity contribution in [3.63, 3.8) is 0 Å². The van der Waals surface area contributed by atoms with Gasteiger partial charge >= 0.3 is 6.03 Å². The predicted molar refractivity (Wildman–Crippen MR) is 138 cm³/mol. The van der Waals surface area contributed by atoms with Gasteiger partial charge in [-0.2, -0.15) is 0 Å². The zero-order valence-electron chi connectivity index (χ0n) is 21.5. The van der Waals surface area contributed by atoms with Crippen molar-refractivity contribution < 1.29 is 27.2 Å². The van der Waals surface area contributed by atoms with Crippen LogP contribution in [0.4, 0.5) is 23.7 Å². The molecular formula is C29H25F3N4O3. The first-order valence-electron chi connectivity index (χ1n) is 12.2. The SMILES string of the molecule is Cc1cccc(-c2nc(CN3C(=O)N(C)Cc4ccc(C(=O)NCc5c(F)cc(F)cc5F)cc43)c(C)o2)c1. The van der Waals surface area contributed by atoms with Crippen molar-refractivity contribution in [2.75, 3.05) is 11.9 Å². The average molecular weight is 535 g/mol. The minimum atomic E-state index is -1.09. The van der Waals surface area contributed by atoms with Crippen LogP contribution >= 0.6 is 0 Å². The lowest BCUT2D eigenvalue weighted by molar-refractivity contribution is 0.0950. The quantitative estimate of drug-likeness (QED) is 0.335. The zero-order chi connectivity index (χ0) is 27.8. The summed E-state index contributed by atoms with van der Waals surface area (Å²) in [6, 6.07) is 13.4. The van der Waals surface area contributed by atoms with Gasteiger partial charge in [0.2, 0.25) is 5.89 Å². The van der Waals surface area contributed by atoms with Crippen LogP contribution in [0.15, 0.2) is 59.0 Å². The minimum absolute atomic E-state index is 0.106. The van der Waals surface area contributed by atoms with Crippen molar-refractivity contribution in [2.45, 2.75) is 33.5 Å². The maximum atomic E-state index is 14.0. The third-order valence-corrected chi connectivity index (χ3v) is 6.60. The second-order valence-corrected chi connectivity index (χ2v) is 9.49. The first-order chi connectivity index (χ1) is 18.6. The van der Waals surface area contributed by atoms with Gasteiger partial charge in [-0.15, -0.1) is 0 Å². The number of carbonyl (C=O) groups is 2. The van der Waals surface area contributed by atoms with E-state index in [2.05, 4.69) is 10.3 Å². The van der Waals surface area contributed by atoms with Crippen LogP contribution in [-0.4, -0.2) is 28.9 Å². The third-order valence-electron chi connectivity index (χ3n) is 6.60. The second kappa shape index (κ2) is 10.3. The molecule has 3 aromatic carbocycles. The van der Waals surface area contributed by atoms with E-state index in [1.165, 1.54) is 4.90 Å². The lowest BCUT2D eigenvalue weighted by atomic mass is 10.0. The second-order valence-electron chi connectivity index (χ2n) is 9.49. The third kappa shape index (κ3) is 5.22. The molecule has 39 heavy (non-hydrogen) atoms. The van der Waals surface area contributed by atoms with Gasteiger partial charge in [-0.3, -0.25) is 9.69 Å². The predicted octanol–water partition coefficient (Wildman–Crippen LogP) is 5.88. The van der Waals surface area contributed by atoms with Crippen molar-refractivity contribution in [2.24, 2.45) is 0 Å². The number of fused-ring (bicyclic) bond motifs is 1. The van der Waals surface area contributed by atoms with E-state index in [9.17, 15) is 22.8 Å². The van der Waals surface area contributed by atoms with Gasteiger partial charge in [0.15, 0.2) is 0 Å². The van der Waals surface area contributed by atoms with Gasteiger partial charge in [-0.1, -0.05) is 23.8 Å². The van der Waals surface area contributed by atoms with Crippen LogP contribution in [-0.2, 0) is 19.6 Å². The molecule has 1 aliphatic heterocycles. The Morgan fingerprint density at radius 2 is 1.79 bits per heavy atom. The van der Waals surface area contributed by atoms with Gasteiger partial charge in [0, 0.05) is 49.0 Å². The summed E-state index contributed by atoms with van der Waals surface area (Å²) in [5.41, 5.74) is 3.51. The highest BCUT2D eigenvalue weighted by Gasteiger charge is 2.30. The van der Waals surface area contributed by atoms with Crippen molar-refractivity contribution in [3.05, 3.63) is 106 Å². The largest absolute Gasteiger partial charge is 0.441 e. The van der Waals surface area contributed by atoms with Crippen LogP contribution in [0.3, 0.4) is 0 Å². The Morgan fingerprint density at radius 3 is 2.51 bits per heavy atom. The Balaban J connectivity index is 1.41. The molecule has 10 heteroatoms. The molecule has 0 saturated heterocycles. The first-order valence-corrected chi connectivity index (χ1v) is 12.2. The Kier molecular flexibility index (Phi) is 6.86. The summed E-state index contributed by atoms with van der Waals surface area (Å²) in [5.74, 6) is -2.83. The number of rotatable bonds is 6. The van der Waals surface area contributed by atoms with Crippen molar-refractivity contribution in [3.8, 4) is 11.5 Å². The molecule has 5 rings (SSSR count). The number of hydrogen-bond acceptors (Lipinski definition) is 4. The molecule has 1 N–H and O–H groups in total. The van der Waals surface area contributed by atoms with Crippen LogP contribution in [0.5, 0.6) is 0 Å². The molecular weight excluding hydrogens is 509 g/mol. The fraction of sp³-hybridized carbons (Fsp3) is 0.207. The topological polar surface area (TPSA) is 78.7 Å². The summed E-state index contributed by atoms with van der Waals surface area (Å²) in [5, 5.41) is 2.46. The number of benzene rings is 3. The number of anilines is 1. The number of carbonyl (C=O) groups excluding carboxylic acids is 2. The Bertz CT molecular complexity index is 1580.